The van der Waals surface area contributed by atoms with Crippen molar-refractivity contribution in [2.75, 3.05) is 0 Å². The molecule has 0 radical (unpaired) electrons. The van der Waals surface area contributed by atoms with Crippen LogP contribution in [-0.4, -0.2) is 0 Å². The minimum atomic E-state index is 0.300. The highest BCUT2D eigenvalue weighted by Gasteiger charge is 2.37. The highest BCUT2D eigenvalue weighted by atomic mass is 14.4. The Morgan fingerprint density at radius 2 is 2.00 bits per heavy atom. The van der Waals surface area contributed by atoms with Gasteiger partial charge in [-0.25, -0.2) is 0 Å². The van der Waals surface area contributed by atoms with Crippen LogP contribution in [0, 0.1) is 40.4 Å². The molecule has 1 unspecified atom stereocenters. The molecule has 60 valence electrons. The van der Waals surface area contributed by atoms with E-state index in [1.165, 1.54) is 0 Å². The van der Waals surface area contributed by atoms with Gasteiger partial charge in [-0.2, -0.15) is 10.5 Å². The van der Waals surface area contributed by atoms with E-state index >= 15 is 0 Å². The molecule has 0 bridgehead atoms. The number of nitrogens with zero attached hydrogens (tertiary/aromatic N) is 2. The average molecular weight is 158 g/mol. The summed E-state index contributed by atoms with van der Waals surface area (Å²) in [6.45, 7) is 0. The molecule has 2 aliphatic carbocycles. The van der Waals surface area contributed by atoms with Crippen molar-refractivity contribution in [2.45, 2.75) is 19.3 Å². The first kappa shape index (κ1) is 7.37. The fraction of sp³-hybridized carbons (Fsp3) is 0.600. The summed E-state index contributed by atoms with van der Waals surface area (Å²) >= 11 is 0. The first-order valence-corrected chi connectivity index (χ1v) is 4.34. The number of rotatable bonds is 1. The Hall–Kier alpha value is -1.28. The van der Waals surface area contributed by atoms with E-state index in [-0.39, 0.29) is 0 Å². The van der Waals surface area contributed by atoms with E-state index in [4.69, 9.17) is 10.5 Å². The predicted molar refractivity (Wildman–Crippen MR) is 43.6 cm³/mol. The van der Waals surface area contributed by atoms with Crippen LogP contribution in [0.5, 0.6) is 0 Å². The van der Waals surface area contributed by atoms with E-state index in [1.54, 1.807) is 0 Å². The molecule has 1 fully saturated rings. The van der Waals surface area contributed by atoms with Crippen molar-refractivity contribution in [1.82, 2.24) is 0 Å². The number of nitriles is 2. The molecule has 0 aromatic carbocycles. The summed E-state index contributed by atoms with van der Waals surface area (Å²) in [6.07, 6.45) is 5.13. The van der Waals surface area contributed by atoms with Crippen LogP contribution in [0.3, 0.4) is 0 Å². The number of allylic oxidation sites excluding steroid dienone is 2. The zero-order chi connectivity index (χ0) is 8.55. The van der Waals surface area contributed by atoms with Crippen molar-refractivity contribution in [2.24, 2.45) is 17.8 Å². The van der Waals surface area contributed by atoms with Crippen LogP contribution in [0.25, 0.3) is 0 Å². The molecule has 1 atom stereocenters. The van der Waals surface area contributed by atoms with E-state index in [9.17, 15) is 0 Å². The summed E-state index contributed by atoms with van der Waals surface area (Å²) in [6, 6.07) is 4.43. The van der Waals surface area contributed by atoms with Gasteiger partial charge in [-0.1, -0.05) is 6.08 Å². The Morgan fingerprint density at radius 1 is 1.33 bits per heavy atom. The molecule has 2 rings (SSSR count). The van der Waals surface area contributed by atoms with Gasteiger partial charge in [-0.15, -0.1) is 0 Å². The normalized spacial score (nSPS) is 38.2. The summed E-state index contributed by atoms with van der Waals surface area (Å²) in [7, 11) is 0. The largest absolute Gasteiger partial charge is 0.198 e. The molecule has 0 saturated heterocycles. The van der Waals surface area contributed by atoms with Crippen molar-refractivity contribution in [3.63, 3.8) is 0 Å². The van der Waals surface area contributed by atoms with Gasteiger partial charge in [0, 0.05) is 11.5 Å². The van der Waals surface area contributed by atoms with Gasteiger partial charge in [0.2, 0.25) is 0 Å². The molecule has 0 heterocycles. The monoisotopic (exact) mass is 158 g/mol. The average Bonchev–Trinajstić information content (AvgIpc) is 1.91. The van der Waals surface area contributed by atoms with Gasteiger partial charge in [0.25, 0.3) is 0 Å². The van der Waals surface area contributed by atoms with Crippen molar-refractivity contribution < 1.29 is 0 Å². The second-order valence-electron chi connectivity index (χ2n) is 3.73. The second kappa shape index (κ2) is 2.64. The van der Waals surface area contributed by atoms with Crippen LogP contribution >= 0.6 is 0 Å². The maximum absolute atomic E-state index is 8.56. The lowest BCUT2D eigenvalue weighted by molar-refractivity contribution is 0.177. The summed E-state index contributed by atoms with van der Waals surface area (Å²) < 4.78 is 0. The van der Waals surface area contributed by atoms with Crippen LogP contribution in [0.1, 0.15) is 19.3 Å². The molecule has 0 aliphatic heterocycles. The van der Waals surface area contributed by atoms with E-state index < -0.39 is 0 Å². The zero-order valence-electron chi connectivity index (χ0n) is 6.83. The molecule has 2 nitrogen and oxygen atoms in total. The number of hydrogen-bond donors (Lipinski definition) is 0. The molecule has 0 N–H and O–H groups in total. The first-order chi connectivity index (χ1) is 5.83. The molecule has 0 aromatic rings. The molecular formula is C10H10N2. The molecule has 0 spiro atoms. The van der Waals surface area contributed by atoms with Crippen LogP contribution in [0.15, 0.2) is 11.6 Å². The summed E-state index contributed by atoms with van der Waals surface area (Å²) in [5.41, 5.74) is 0.931. The van der Waals surface area contributed by atoms with Crippen LogP contribution < -0.4 is 0 Å². The molecule has 2 heteroatoms. The molecule has 0 aromatic heterocycles. The smallest absolute Gasteiger partial charge is 0.0944 e. The van der Waals surface area contributed by atoms with Gasteiger partial charge in [-0.3, -0.25) is 0 Å². The SMILES string of the molecule is N#CC1=CC(C2CC(C#N)C2)C1. The second-order valence-corrected chi connectivity index (χ2v) is 3.73. The topological polar surface area (TPSA) is 47.6 Å². The fourth-order valence-corrected chi connectivity index (χ4v) is 1.98. The van der Waals surface area contributed by atoms with E-state index in [0.717, 1.165) is 24.8 Å². The van der Waals surface area contributed by atoms with Gasteiger partial charge in [0.1, 0.15) is 0 Å². The lowest BCUT2D eigenvalue weighted by Gasteiger charge is -2.39. The lowest BCUT2D eigenvalue weighted by atomic mass is 9.64. The van der Waals surface area contributed by atoms with Gasteiger partial charge < -0.3 is 0 Å². The van der Waals surface area contributed by atoms with Gasteiger partial charge in [0.05, 0.1) is 12.1 Å². The third-order valence-corrected chi connectivity index (χ3v) is 2.98. The maximum Gasteiger partial charge on any atom is 0.0944 e. The van der Waals surface area contributed by atoms with E-state index in [0.29, 0.717) is 17.8 Å². The van der Waals surface area contributed by atoms with Crippen molar-refractivity contribution in [3.8, 4) is 12.1 Å². The van der Waals surface area contributed by atoms with Crippen LogP contribution in [0.4, 0.5) is 0 Å². The van der Waals surface area contributed by atoms with E-state index in [1.807, 2.05) is 0 Å². The van der Waals surface area contributed by atoms with Crippen molar-refractivity contribution in [3.05, 3.63) is 11.6 Å². The summed E-state index contributed by atoms with van der Waals surface area (Å²) in [5, 5.41) is 17.1. The Balaban J connectivity index is 1.83. The standard InChI is InChI=1S/C10H10N2/c11-5-7-1-9(2-7)10-3-8(4-10)6-12/h1,8-10H,2-4H2. The first-order valence-electron chi connectivity index (χ1n) is 4.34. The predicted octanol–water partition coefficient (Wildman–Crippen LogP) is 2.01. The van der Waals surface area contributed by atoms with Crippen LogP contribution in [0.2, 0.25) is 0 Å². The number of hydrogen-bond acceptors (Lipinski definition) is 2. The third kappa shape index (κ3) is 1.01. The minimum Gasteiger partial charge on any atom is -0.198 e. The van der Waals surface area contributed by atoms with Gasteiger partial charge >= 0.3 is 0 Å². The van der Waals surface area contributed by atoms with Gasteiger partial charge in [-0.05, 0) is 31.1 Å². The summed E-state index contributed by atoms with van der Waals surface area (Å²) in [5.74, 6) is 1.62. The Bertz CT molecular complexity index is 297. The maximum atomic E-state index is 8.56. The van der Waals surface area contributed by atoms with E-state index in [2.05, 4.69) is 18.2 Å². The van der Waals surface area contributed by atoms with Gasteiger partial charge in [0.15, 0.2) is 0 Å². The molecule has 12 heavy (non-hydrogen) atoms. The molecule has 1 saturated carbocycles. The fourth-order valence-electron chi connectivity index (χ4n) is 1.98. The molecule has 0 amide bonds. The highest BCUT2D eigenvalue weighted by molar-refractivity contribution is 5.31. The Morgan fingerprint density at radius 3 is 2.50 bits per heavy atom. The Kier molecular flexibility index (Phi) is 1.62. The lowest BCUT2D eigenvalue weighted by Crippen LogP contribution is -2.31. The minimum absolute atomic E-state index is 0.300. The summed E-state index contributed by atoms with van der Waals surface area (Å²) in [4.78, 5) is 0. The quantitative estimate of drug-likeness (QED) is 0.586. The zero-order valence-corrected chi connectivity index (χ0v) is 6.83. The third-order valence-electron chi connectivity index (χ3n) is 2.98. The van der Waals surface area contributed by atoms with Crippen LogP contribution in [-0.2, 0) is 0 Å². The Labute approximate surface area is 72.1 Å². The highest BCUT2D eigenvalue weighted by Crippen LogP contribution is 2.45. The molecular weight excluding hydrogens is 148 g/mol. The van der Waals surface area contributed by atoms with Crippen molar-refractivity contribution in [1.29, 1.82) is 10.5 Å². The molecule has 2 aliphatic rings. The van der Waals surface area contributed by atoms with Crippen molar-refractivity contribution >= 4 is 0 Å².